The first-order valence-electron chi connectivity index (χ1n) is 11.1. The van der Waals surface area contributed by atoms with E-state index in [0.717, 1.165) is 30.9 Å². The molecule has 33 heavy (non-hydrogen) atoms. The van der Waals surface area contributed by atoms with Gasteiger partial charge in [0.05, 0.1) is 11.9 Å². The van der Waals surface area contributed by atoms with Gasteiger partial charge in [0, 0.05) is 39.7 Å². The van der Waals surface area contributed by atoms with Crippen molar-refractivity contribution >= 4 is 35.1 Å². The number of pyridine rings is 1. The number of nitrogens with zero attached hydrogens (tertiary/aromatic N) is 5. The summed E-state index contributed by atoms with van der Waals surface area (Å²) in [5.74, 6) is 2.26. The zero-order valence-corrected chi connectivity index (χ0v) is 20.0. The fourth-order valence-corrected chi connectivity index (χ4v) is 3.60. The van der Waals surface area contributed by atoms with E-state index < -0.39 is 5.60 Å². The molecular formula is C23H33N7O3. The number of carbonyl (C=O) groups is 2. The van der Waals surface area contributed by atoms with E-state index in [2.05, 4.69) is 30.5 Å². The summed E-state index contributed by atoms with van der Waals surface area (Å²) < 4.78 is 5.48. The smallest absolute Gasteiger partial charge is 0.410 e. The number of anilines is 4. The van der Waals surface area contributed by atoms with Gasteiger partial charge in [0.15, 0.2) is 0 Å². The molecule has 1 fully saturated rings. The lowest BCUT2D eigenvalue weighted by molar-refractivity contribution is -0.114. The minimum Gasteiger partial charge on any atom is -0.444 e. The van der Waals surface area contributed by atoms with Crippen molar-refractivity contribution in [3.8, 4) is 0 Å². The van der Waals surface area contributed by atoms with Crippen LogP contribution < -0.4 is 15.5 Å². The molecule has 1 aliphatic rings. The molecule has 2 aromatic rings. The van der Waals surface area contributed by atoms with Gasteiger partial charge >= 0.3 is 6.09 Å². The number of hydrogen-bond donors (Lipinski definition) is 2. The Bertz CT molecular complexity index is 951. The zero-order valence-electron chi connectivity index (χ0n) is 20.0. The van der Waals surface area contributed by atoms with Gasteiger partial charge in [0.1, 0.15) is 29.4 Å². The highest BCUT2D eigenvalue weighted by atomic mass is 16.6. The van der Waals surface area contributed by atoms with E-state index in [1.165, 1.54) is 13.3 Å². The van der Waals surface area contributed by atoms with Crippen LogP contribution in [0, 0.1) is 5.92 Å². The van der Waals surface area contributed by atoms with Crippen molar-refractivity contribution in [2.75, 3.05) is 42.2 Å². The van der Waals surface area contributed by atoms with Crippen LogP contribution in [0.2, 0.25) is 0 Å². The van der Waals surface area contributed by atoms with Gasteiger partial charge in [0.25, 0.3) is 0 Å². The van der Waals surface area contributed by atoms with E-state index in [-0.39, 0.29) is 12.0 Å². The van der Waals surface area contributed by atoms with Crippen LogP contribution in [0.25, 0.3) is 0 Å². The Balaban J connectivity index is 1.52. The molecule has 10 nitrogen and oxygen atoms in total. The molecule has 0 aliphatic carbocycles. The van der Waals surface area contributed by atoms with Crippen molar-refractivity contribution < 1.29 is 14.3 Å². The van der Waals surface area contributed by atoms with Gasteiger partial charge in [-0.1, -0.05) is 0 Å². The van der Waals surface area contributed by atoms with Gasteiger partial charge in [-0.15, -0.1) is 0 Å². The summed E-state index contributed by atoms with van der Waals surface area (Å²) in [6.07, 6.45) is 4.77. The standard InChI is InChI=1S/C23H33N7O3/c1-16(31)27-19-7-6-18(13-24-19)28-20-12-21(26-15-25-20)29(5)14-17-8-10-30(11-9-17)22(32)33-23(2,3)4/h6-7,12-13,15,17H,8-11,14H2,1-5H3,(H,24,27,31)(H,25,26,28). The first-order valence-corrected chi connectivity index (χ1v) is 11.1. The van der Waals surface area contributed by atoms with E-state index in [4.69, 9.17) is 4.74 Å². The average Bonchev–Trinajstić information content (AvgIpc) is 2.74. The summed E-state index contributed by atoms with van der Waals surface area (Å²) in [6, 6.07) is 5.43. The Morgan fingerprint density at radius 2 is 1.88 bits per heavy atom. The third-order valence-electron chi connectivity index (χ3n) is 5.18. The average molecular weight is 456 g/mol. The summed E-state index contributed by atoms with van der Waals surface area (Å²) >= 11 is 0. The van der Waals surface area contributed by atoms with Crippen LogP contribution in [0.3, 0.4) is 0 Å². The second kappa shape index (κ2) is 10.5. The van der Waals surface area contributed by atoms with Crippen LogP contribution in [0.5, 0.6) is 0 Å². The van der Waals surface area contributed by atoms with Crippen molar-refractivity contribution in [3.05, 3.63) is 30.7 Å². The molecule has 0 radical (unpaired) electrons. The van der Waals surface area contributed by atoms with E-state index in [9.17, 15) is 9.59 Å². The molecule has 1 saturated heterocycles. The molecular weight excluding hydrogens is 422 g/mol. The summed E-state index contributed by atoms with van der Waals surface area (Å²) in [6.45, 7) is 9.33. The molecule has 1 aliphatic heterocycles. The number of rotatable bonds is 6. The predicted octanol–water partition coefficient (Wildman–Crippen LogP) is 3.66. The first-order chi connectivity index (χ1) is 15.6. The van der Waals surface area contributed by atoms with Crippen molar-refractivity contribution in [2.24, 2.45) is 5.92 Å². The molecule has 0 spiro atoms. The molecule has 2 aromatic heterocycles. The number of nitrogens with one attached hydrogen (secondary N) is 2. The predicted molar refractivity (Wildman–Crippen MR) is 128 cm³/mol. The van der Waals surface area contributed by atoms with Crippen LogP contribution >= 0.6 is 0 Å². The van der Waals surface area contributed by atoms with Crippen LogP contribution in [-0.2, 0) is 9.53 Å². The van der Waals surface area contributed by atoms with Gasteiger partial charge in [-0.25, -0.2) is 19.7 Å². The highest BCUT2D eigenvalue weighted by Gasteiger charge is 2.27. The Kier molecular flexibility index (Phi) is 7.67. The Morgan fingerprint density at radius 1 is 1.15 bits per heavy atom. The first kappa shape index (κ1) is 24.2. The fraction of sp³-hybridized carbons (Fsp3) is 0.522. The summed E-state index contributed by atoms with van der Waals surface area (Å²) in [7, 11) is 2.01. The summed E-state index contributed by atoms with van der Waals surface area (Å²) in [4.78, 5) is 40.2. The van der Waals surface area contributed by atoms with Crippen molar-refractivity contribution in [3.63, 3.8) is 0 Å². The summed E-state index contributed by atoms with van der Waals surface area (Å²) in [5.41, 5.74) is 0.280. The monoisotopic (exact) mass is 455 g/mol. The second-order valence-electron chi connectivity index (χ2n) is 9.29. The Labute approximate surface area is 194 Å². The number of hydrogen-bond acceptors (Lipinski definition) is 8. The number of amides is 2. The van der Waals surface area contributed by atoms with Gasteiger partial charge in [-0.2, -0.15) is 0 Å². The molecule has 2 amide bonds. The minimum atomic E-state index is -0.476. The lowest BCUT2D eigenvalue weighted by Gasteiger charge is -2.35. The van der Waals surface area contributed by atoms with E-state index in [1.54, 1.807) is 17.2 Å². The second-order valence-corrected chi connectivity index (χ2v) is 9.29. The molecule has 3 heterocycles. The molecule has 3 rings (SSSR count). The molecule has 0 atom stereocenters. The Hall–Kier alpha value is -3.43. The van der Waals surface area contributed by atoms with Gasteiger partial charge in [0.2, 0.25) is 5.91 Å². The number of carbonyl (C=O) groups excluding carboxylic acids is 2. The van der Waals surface area contributed by atoms with Gasteiger partial charge in [-0.3, -0.25) is 4.79 Å². The molecule has 0 unspecified atom stereocenters. The van der Waals surface area contributed by atoms with E-state index in [0.29, 0.717) is 30.6 Å². The minimum absolute atomic E-state index is 0.165. The summed E-state index contributed by atoms with van der Waals surface area (Å²) in [5, 5.41) is 5.85. The van der Waals surface area contributed by atoms with E-state index >= 15 is 0 Å². The Morgan fingerprint density at radius 3 is 2.48 bits per heavy atom. The number of likely N-dealkylation sites (tertiary alicyclic amines) is 1. The SMILES string of the molecule is CC(=O)Nc1ccc(Nc2cc(N(C)CC3CCN(C(=O)OC(C)(C)C)CC3)ncn2)cn1. The topological polar surface area (TPSA) is 113 Å². The maximum atomic E-state index is 12.3. The normalized spacial score (nSPS) is 14.5. The third-order valence-corrected chi connectivity index (χ3v) is 5.18. The largest absolute Gasteiger partial charge is 0.444 e. The fourth-order valence-electron chi connectivity index (χ4n) is 3.60. The van der Waals surface area contributed by atoms with Gasteiger partial charge in [-0.05, 0) is 51.7 Å². The highest BCUT2D eigenvalue weighted by Crippen LogP contribution is 2.23. The molecule has 0 saturated carbocycles. The third kappa shape index (κ3) is 7.58. The van der Waals surface area contributed by atoms with E-state index in [1.807, 2.05) is 40.0 Å². The lowest BCUT2D eigenvalue weighted by Crippen LogP contribution is -2.43. The number of piperidine rings is 1. The van der Waals surface area contributed by atoms with Crippen molar-refractivity contribution in [2.45, 2.75) is 46.1 Å². The van der Waals surface area contributed by atoms with Crippen molar-refractivity contribution in [1.82, 2.24) is 19.9 Å². The molecule has 178 valence electrons. The molecule has 10 heteroatoms. The number of aromatic nitrogens is 3. The lowest BCUT2D eigenvalue weighted by atomic mass is 9.96. The maximum Gasteiger partial charge on any atom is 0.410 e. The van der Waals surface area contributed by atoms with Crippen molar-refractivity contribution in [1.29, 1.82) is 0 Å². The maximum absolute atomic E-state index is 12.3. The quantitative estimate of drug-likeness (QED) is 0.679. The van der Waals surface area contributed by atoms with Gasteiger partial charge < -0.3 is 25.2 Å². The zero-order chi connectivity index (χ0) is 24.0. The van der Waals surface area contributed by atoms with Crippen LogP contribution in [0.1, 0.15) is 40.5 Å². The molecule has 2 N–H and O–H groups in total. The van der Waals surface area contributed by atoms with Crippen LogP contribution in [0.15, 0.2) is 30.7 Å². The highest BCUT2D eigenvalue weighted by molar-refractivity contribution is 5.87. The molecule has 0 aromatic carbocycles. The number of ether oxygens (including phenoxy) is 1. The van der Waals surface area contributed by atoms with Crippen LogP contribution in [0.4, 0.5) is 27.9 Å². The molecule has 0 bridgehead atoms. The van der Waals surface area contributed by atoms with Crippen LogP contribution in [-0.4, -0.2) is 64.1 Å².